The molecule has 1 N–H and O–H groups in total. The number of carbonyl (C=O) groups is 2. The maximum Gasteiger partial charge on any atom is 0.330 e. The zero-order valence-electron chi connectivity index (χ0n) is 9.79. The molecule has 0 bridgehead atoms. The molecule has 0 aromatic carbocycles. The number of β-lactam (4-membered cyclic amide) rings is 1. The Morgan fingerprint density at radius 3 is 2.74 bits per heavy atom. The molecule has 102 valence electrons. The first-order valence-corrected chi connectivity index (χ1v) is 7.00. The minimum absolute atomic E-state index is 0.184. The summed E-state index contributed by atoms with van der Waals surface area (Å²) in [7, 11) is -3.89. The van der Waals surface area contributed by atoms with E-state index in [4.69, 9.17) is 0 Å². The van der Waals surface area contributed by atoms with Gasteiger partial charge in [0.1, 0.15) is 5.37 Å². The quantitative estimate of drug-likeness (QED) is 0.649. The molecule has 0 aliphatic carbocycles. The molecule has 2 aliphatic rings. The highest BCUT2D eigenvalue weighted by Crippen LogP contribution is 2.48. The van der Waals surface area contributed by atoms with Crippen molar-refractivity contribution in [3.63, 3.8) is 0 Å². The molecular formula is C9H10N4O5S. The number of sulfone groups is 1. The van der Waals surface area contributed by atoms with Gasteiger partial charge in [-0.1, -0.05) is 5.21 Å². The molecule has 0 spiro atoms. The Balaban J connectivity index is 2.26. The second-order valence-electron chi connectivity index (χ2n) is 4.65. The van der Waals surface area contributed by atoms with Crippen LogP contribution >= 0.6 is 0 Å². The van der Waals surface area contributed by atoms with Crippen LogP contribution in [0.4, 0.5) is 0 Å². The largest absolute Gasteiger partial charge is 0.480 e. The van der Waals surface area contributed by atoms with Gasteiger partial charge in [-0.3, -0.25) is 4.79 Å². The van der Waals surface area contributed by atoms with Gasteiger partial charge < -0.3 is 10.0 Å². The van der Waals surface area contributed by atoms with Gasteiger partial charge in [-0.05, 0) is 6.92 Å². The summed E-state index contributed by atoms with van der Waals surface area (Å²) in [4.78, 5) is 22.0. The summed E-state index contributed by atoms with van der Waals surface area (Å²) in [5.74, 6) is -1.86. The number of carboxylic acids is 1. The molecule has 0 radical (unpaired) electrons. The maximum absolute atomic E-state index is 12.5. The zero-order valence-corrected chi connectivity index (χ0v) is 10.6. The molecule has 3 atom stereocenters. The fraction of sp³-hybridized carbons (Fsp3) is 0.556. The number of hydrogen-bond acceptors (Lipinski definition) is 6. The second kappa shape index (κ2) is 3.32. The Morgan fingerprint density at radius 1 is 1.58 bits per heavy atom. The first-order chi connectivity index (χ1) is 8.81. The summed E-state index contributed by atoms with van der Waals surface area (Å²) in [5, 5.41) is 15.3. The van der Waals surface area contributed by atoms with Crippen molar-refractivity contribution in [3.8, 4) is 0 Å². The Bertz CT molecular complexity index is 669. The number of nitrogens with zero attached hydrogens (tertiary/aromatic N) is 4. The first-order valence-electron chi connectivity index (χ1n) is 5.46. The van der Waals surface area contributed by atoms with Crippen LogP contribution in [-0.2, 0) is 24.3 Å². The van der Waals surface area contributed by atoms with Crippen LogP contribution in [0.3, 0.4) is 0 Å². The van der Waals surface area contributed by atoms with Gasteiger partial charge in [-0.15, -0.1) is 5.10 Å². The fourth-order valence-electron chi connectivity index (χ4n) is 2.71. The minimum Gasteiger partial charge on any atom is -0.480 e. The van der Waals surface area contributed by atoms with E-state index in [1.165, 1.54) is 19.3 Å². The number of aromatic nitrogens is 3. The Hall–Kier alpha value is -1.97. The van der Waals surface area contributed by atoms with Crippen molar-refractivity contribution in [2.24, 2.45) is 0 Å². The number of rotatable bonds is 2. The normalized spacial score (nSPS) is 35.8. The molecule has 0 saturated carbocycles. The summed E-state index contributed by atoms with van der Waals surface area (Å²) in [6.45, 7) is 1.25. The molecule has 2 saturated heterocycles. The van der Waals surface area contributed by atoms with E-state index < -0.39 is 38.0 Å². The van der Waals surface area contributed by atoms with Gasteiger partial charge in [0.2, 0.25) is 5.91 Å². The van der Waals surface area contributed by atoms with E-state index in [0.29, 0.717) is 0 Å². The average Bonchev–Trinajstić information content (AvgIpc) is 2.88. The second-order valence-corrected chi connectivity index (χ2v) is 7.11. The summed E-state index contributed by atoms with van der Waals surface area (Å²) in [6.07, 6.45) is 2.36. The van der Waals surface area contributed by atoms with Crippen molar-refractivity contribution in [1.29, 1.82) is 0 Å². The van der Waals surface area contributed by atoms with E-state index in [1.807, 2.05) is 0 Å². The molecule has 19 heavy (non-hydrogen) atoms. The van der Waals surface area contributed by atoms with Gasteiger partial charge >= 0.3 is 5.97 Å². The van der Waals surface area contributed by atoms with Crippen LogP contribution in [0.2, 0.25) is 0 Å². The summed E-state index contributed by atoms with van der Waals surface area (Å²) >= 11 is 0. The zero-order chi connectivity index (χ0) is 14.0. The third-order valence-electron chi connectivity index (χ3n) is 3.78. The third-order valence-corrected chi connectivity index (χ3v) is 6.45. The first kappa shape index (κ1) is 12.1. The van der Waals surface area contributed by atoms with Crippen LogP contribution in [0.25, 0.3) is 0 Å². The molecule has 2 unspecified atom stereocenters. The van der Waals surface area contributed by atoms with E-state index in [1.54, 1.807) is 0 Å². The monoisotopic (exact) mass is 286 g/mol. The lowest BCUT2D eigenvalue weighted by molar-refractivity contribution is -0.158. The molecule has 2 fully saturated rings. The van der Waals surface area contributed by atoms with Gasteiger partial charge in [0, 0.05) is 6.20 Å². The number of fused-ring (bicyclic) bond motifs is 1. The van der Waals surface area contributed by atoms with Crippen molar-refractivity contribution in [2.75, 3.05) is 0 Å². The van der Waals surface area contributed by atoms with Crippen LogP contribution in [0.15, 0.2) is 12.4 Å². The van der Waals surface area contributed by atoms with E-state index in [9.17, 15) is 23.1 Å². The number of aliphatic carboxylic acids is 1. The van der Waals surface area contributed by atoms with Gasteiger partial charge in [-0.2, -0.15) is 0 Å². The fourth-order valence-corrected chi connectivity index (χ4v) is 5.04. The topological polar surface area (TPSA) is 122 Å². The van der Waals surface area contributed by atoms with Crippen LogP contribution < -0.4 is 0 Å². The lowest BCUT2D eigenvalue weighted by Crippen LogP contribution is -2.57. The predicted octanol–water partition coefficient (Wildman–Crippen LogP) is -1.61. The van der Waals surface area contributed by atoms with Gasteiger partial charge in [-0.25, -0.2) is 17.9 Å². The van der Waals surface area contributed by atoms with E-state index >= 15 is 0 Å². The van der Waals surface area contributed by atoms with Crippen LogP contribution in [0.5, 0.6) is 0 Å². The predicted molar refractivity (Wildman–Crippen MR) is 59.3 cm³/mol. The number of carbonyl (C=O) groups excluding carboxylic acids is 1. The van der Waals surface area contributed by atoms with Crippen LogP contribution in [-0.4, -0.2) is 56.7 Å². The molecule has 10 heteroatoms. The van der Waals surface area contributed by atoms with E-state index in [2.05, 4.69) is 10.3 Å². The highest BCUT2D eigenvalue weighted by molar-refractivity contribution is 7.93. The molecule has 2 aliphatic heterocycles. The molecular weight excluding hydrogens is 276 g/mol. The Labute approximate surface area is 107 Å². The van der Waals surface area contributed by atoms with Crippen molar-refractivity contribution >= 4 is 21.7 Å². The molecule has 3 rings (SSSR count). The highest BCUT2D eigenvalue weighted by atomic mass is 32.2. The summed E-state index contributed by atoms with van der Waals surface area (Å²) < 4.78 is 26.0. The molecule has 9 nitrogen and oxygen atoms in total. The van der Waals surface area contributed by atoms with Gasteiger partial charge in [0.15, 0.2) is 20.8 Å². The Morgan fingerprint density at radius 2 is 2.26 bits per heavy atom. The molecule has 1 aromatic rings. The SMILES string of the molecule is CC1(n2ccnn2)[C@H](C(=O)O)N2C(=O)CC2S1(=O)=O. The number of hydrogen-bond donors (Lipinski definition) is 1. The third kappa shape index (κ3) is 1.17. The lowest BCUT2D eigenvalue weighted by atomic mass is 10.0. The van der Waals surface area contributed by atoms with E-state index in [-0.39, 0.29) is 6.42 Å². The van der Waals surface area contributed by atoms with Crippen molar-refractivity contribution in [2.45, 2.75) is 29.6 Å². The summed E-state index contributed by atoms with van der Waals surface area (Å²) in [5.41, 5.74) is 0. The standard InChI is InChI=1S/C9H10N4O5S/c1-9(12-3-2-10-11-12)7(8(15)16)13-5(14)4-6(13)19(9,17)18/h2-3,6-7H,4H2,1H3,(H,15,16)/t6?,7-,9?/m0/s1. The molecule has 3 heterocycles. The van der Waals surface area contributed by atoms with Crippen LogP contribution in [0, 0.1) is 0 Å². The smallest absolute Gasteiger partial charge is 0.330 e. The maximum atomic E-state index is 12.5. The summed E-state index contributed by atoms with van der Waals surface area (Å²) in [6, 6.07) is -1.49. The number of amides is 1. The lowest BCUT2D eigenvalue weighted by Gasteiger charge is -2.35. The van der Waals surface area contributed by atoms with Crippen molar-refractivity contribution in [1.82, 2.24) is 19.9 Å². The number of carboxylic acid groups (broad SMARTS) is 1. The van der Waals surface area contributed by atoms with Gasteiger partial charge in [0.25, 0.3) is 0 Å². The molecule has 1 amide bonds. The van der Waals surface area contributed by atoms with Crippen LogP contribution in [0.1, 0.15) is 13.3 Å². The highest BCUT2D eigenvalue weighted by Gasteiger charge is 2.71. The van der Waals surface area contributed by atoms with E-state index in [0.717, 1.165) is 9.58 Å². The Kier molecular flexibility index (Phi) is 2.11. The minimum atomic E-state index is -3.89. The van der Waals surface area contributed by atoms with Crippen molar-refractivity contribution in [3.05, 3.63) is 12.4 Å². The van der Waals surface area contributed by atoms with Gasteiger partial charge in [0.05, 0.1) is 12.6 Å². The van der Waals surface area contributed by atoms with Crippen molar-refractivity contribution < 1.29 is 23.1 Å². The molecule has 1 aromatic heterocycles. The average molecular weight is 286 g/mol.